The van der Waals surface area contributed by atoms with Gasteiger partial charge in [-0.1, -0.05) is 33.1 Å². The van der Waals surface area contributed by atoms with Crippen molar-refractivity contribution in [3.8, 4) is 0 Å². The van der Waals surface area contributed by atoms with Gasteiger partial charge in [-0.05, 0) is 12.2 Å². The highest BCUT2D eigenvalue weighted by Crippen LogP contribution is 1.89. The van der Waals surface area contributed by atoms with Crippen LogP contribution in [-0.2, 0) is 4.79 Å². The number of hydrogen-bond acceptors (Lipinski definition) is 1. The number of nitrogens with one attached hydrogen (secondary N) is 1. The lowest BCUT2D eigenvalue weighted by atomic mass is 10.4. The number of amides is 1. The molecule has 12 heavy (non-hydrogen) atoms. The Kier molecular flexibility index (Phi) is 10.7. The van der Waals surface area contributed by atoms with Gasteiger partial charge in [-0.2, -0.15) is 0 Å². The van der Waals surface area contributed by atoms with Crippen LogP contribution in [0.1, 0.15) is 20.8 Å². The fourth-order valence-electron chi connectivity index (χ4n) is 0.491. The van der Waals surface area contributed by atoms with Crippen LogP contribution in [0.2, 0.25) is 0 Å². The molecule has 1 N–H and O–H groups in total. The Bertz CT molecular complexity index is 180. The van der Waals surface area contributed by atoms with E-state index >= 15 is 0 Å². The highest BCUT2D eigenvalue weighted by molar-refractivity contribution is 5.75. The molecule has 0 fully saturated rings. The monoisotopic (exact) mass is 167 g/mol. The van der Waals surface area contributed by atoms with E-state index in [0.29, 0.717) is 5.70 Å². The molecule has 0 aromatic carbocycles. The van der Waals surface area contributed by atoms with E-state index in [0.717, 1.165) is 0 Å². The van der Waals surface area contributed by atoms with Crippen LogP contribution >= 0.6 is 0 Å². The van der Waals surface area contributed by atoms with Crippen LogP contribution in [0.4, 0.5) is 0 Å². The second-order valence-electron chi connectivity index (χ2n) is 1.74. The molecule has 0 aromatic rings. The number of rotatable bonds is 3. The van der Waals surface area contributed by atoms with Crippen molar-refractivity contribution in [2.45, 2.75) is 20.8 Å². The van der Waals surface area contributed by atoms with Crippen LogP contribution in [0, 0.1) is 0 Å². The molecule has 0 saturated carbocycles. The predicted molar refractivity (Wildman–Crippen MR) is 53.6 cm³/mol. The minimum absolute atomic E-state index is 0.104. The van der Waals surface area contributed by atoms with Gasteiger partial charge in [0.25, 0.3) is 0 Å². The quantitative estimate of drug-likeness (QED) is 0.642. The molecule has 0 unspecified atom stereocenters. The summed E-state index contributed by atoms with van der Waals surface area (Å²) < 4.78 is 0. The van der Waals surface area contributed by atoms with Crippen LogP contribution in [0.25, 0.3) is 0 Å². The van der Waals surface area contributed by atoms with Gasteiger partial charge in [0, 0.05) is 12.6 Å². The van der Waals surface area contributed by atoms with Crippen molar-refractivity contribution in [1.29, 1.82) is 0 Å². The van der Waals surface area contributed by atoms with E-state index in [9.17, 15) is 4.79 Å². The van der Waals surface area contributed by atoms with Gasteiger partial charge in [-0.15, -0.1) is 0 Å². The molecule has 68 valence electrons. The number of hydrogen-bond donors (Lipinski definition) is 1. The highest BCUT2D eigenvalue weighted by Gasteiger charge is 1.90. The molecule has 0 heterocycles. The summed E-state index contributed by atoms with van der Waals surface area (Å²) in [5.74, 6) is -0.104. The number of carbonyl (C=O) groups is 1. The summed E-state index contributed by atoms with van der Waals surface area (Å²) in [6, 6.07) is 0. The first-order chi connectivity index (χ1) is 5.70. The average Bonchev–Trinajstić information content (AvgIpc) is 2.07. The summed E-state index contributed by atoms with van der Waals surface area (Å²) in [6.45, 7) is 12.4. The van der Waals surface area contributed by atoms with E-state index < -0.39 is 0 Å². The van der Waals surface area contributed by atoms with E-state index in [4.69, 9.17) is 0 Å². The molecule has 0 aliphatic rings. The van der Waals surface area contributed by atoms with Crippen molar-refractivity contribution in [2.75, 3.05) is 0 Å². The maximum Gasteiger partial charge on any atom is 0.221 e. The third-order valence-corrected chi connectivity index (χ3v) is 0.838. The average molecular weight is 167 g/mol. The molecule has 2 heteroatoms. The van der Waals surface area contributed by atoms with E-state index in [1.165, 1.54) is 6.92 Å². The Balaban J connectivity index is 0. The Hall–Kier alpha value is -1.31. The molecular formula is C10H17NO. The maximum absolute atomic E-state index is 10.5. The van der Waals surface area contributed by atoms with E-state index in [2.05, 4.69) is 18.5 Å². The van der Waals surface area contributed by atoms with Gasteiger partial charge < -0.3 is 5.32 Å². The SMILES string of the molecule is C=C/C=C(\C=C)NC(C)=O.CC. The fourth-order valence-corrected chi connectivity index (χ4v) is 0.491. The second-order valence-corrected chi connectivity index (χ2v) is 1.74. The van der Waals surface area contributed by atoms with Gasteiger partial charge in [-0.3, -0.25) is 4.79 Å². The van der Waals surface area contributed by atoms with Crippen molar-refractivity contribution in [2.24, 2.45) is 0 Å². The first-order valence-corrected chi connectivity index (χ1v) is 3.93. The Morgan fingerprint density at radius 1 is 1.33 bits per heavy atom. The summed E-state index contributed by atoms with van der Waals surface area (Å²) in [5, 5.41) is 2.56. The normalized spacial score (nSPS) is 9.08. The lowest BCUT2D eigenvalue weighted by Crippen LogP contribution is -2.17. The van der Waals surface area contributed by atoms with Crippen molar-refractivity contribution >= 4 is 5.91 Å². The fraction of sp³-hybridized carbons (Fsp3) is 0.300. The molecule has 0 atom stereocenters. The van der Waals surface area contributed by atoms with Crippen molar-refractivity contribution in [3.05, 3.63) is 37.1 Å². The summed E-state index contributed by atoms with van der Waals surface area (Å²) in [7, 11) is 0. The highest BCUT2D eigenvalue weighted by atomic mass is 16.1. The van der Waals surface area contributed by atoms with Gasteiger partial charge in [-0.25, -0.2) is 0 Å². The number of carbonyl (C=O) groups excluding carboxylic acids is 1. The minimum atomic E-state index is -0.104. The second kappa shape index (κ2) is 9.69. The molecule has 0 aromatic heterocycles. The van der Waals surface area contributed by atoms with Crippen molar-refractivity contribution < 1.29 is 4.79 Å². The van der Waals surface area contributed by atoms with Gasteiger partial charge in [0.2, 0.25) is 5.91 Å². The standard InChI is InChI=1S/C8H11NO.C2H6/c1-4-6-8(5-2)9-7(3)10;1-2/h4-6H,1-2H2,3H3,(H,9,10);1-2H3/b8-6+;. The Labute approximate surface area is 74.7 Å². The van der Waals surface area contributed by atoms with E-state index in [-0.39, 0.29) is 5.91 Å². The van der Waals surface area contributed by atoms with Gasteiger partial charge in [0.15, 0.2) is 0 Å². The van der Waals surface area contributed by atoms with Crippen LogP contribution in [0.3, 0.4) is 0 Å². The Morgan fingerprint density at radius 2 is 1.83 bits per heavy atom. The van der Waals surface area contributed by atoms with Crippen molar-refractivity contribution in [3.63, 3.8) is 0 Å². The first-order valence-electron chi connectivity index (χ1n) is 3.93. The minimum Gasteiger partial charge on any atom is -0.326 e. The predicted octanol–water partition coefficient (Wildman–Crippen LogP) is 2.40. The topological polar surface area (TPSA) is 29.1 Å². The zero-order chi connectivity index (χ0) is 9.98. The van der Waals surface area contributed by atoms with Gasteiger partial charge >= 0.3 is 0 Å². The first kappa shape index (κ1) is 13.3. The van der Waals surface area contributed by atoms with Crippen LogP contribution in [-0.4, -0.2) is 5.91 Å². The molecule has 0 radical (unpaired) electrons. The lowest BCUT2D eigenvalue weighted by molar-refractivity contribution is -0.118. The van der Waals surface area contributed by atoms with Gasteiger partial charge in [0.05, 0.1) is 0 Å². The smallest absolute Gasteiger partial charge is 0.221 e. The van der Waals surface area contributed by atoms with Crippen LogP contribution in [0.15, 0.2) is 37.1 Å². The maximum atomic E-state index is 10.5. The molecule has 1 amide bonds. The largest absolute Gasteiger partial charge is 0.326 e. The molecule has 0 saturated heterocycles. The molecule has 0 aliphatic heterocycles. The van der Waals surface area contributed by atoms with Crippen molar-refractivity contribution in [1.82, 2.24) is 5.32 Å². The molecule has 2 nitrogen and oxygen atoms in total. The summed E-state index contributed by atoms with van der Waals surface area (Å²) in [4.78, 5) is 10.5. The zero-order valence-corrected chi connectivity index (χ0v) is 8.05. The molecule has 0 aliphatic carbocycles. The lowest BCUT2D eigenvalue weighted by Gasteiger charge is -1.98. The summed E-state index contributed by atoms with van der Waals surface area (Å²) >= 11 is 0. The third-order valence-electron chi connectivity index (χ3n) is 0.838. The van der Waals surface area contributed by atoms with Crippen LogP contribution in [0.5, 0.6) is 0 Å². The molecule has 0 spiro atoms. The third kappa shape index (κ3) is 8.69. The Morgan fingerprint density at radius 3 is 2.08 bits per heavy atom. The van der Waals surface area contributed by atoms with Crippen LogP contribution < -0.4 is 5.32 Å². The summed E-state index contributed by atoms with van der Waals surface area (Å²) in [5.41, 5.74) is 0.669. The number of allylic oxidation sites excluding steroid dienone is 3. The molecule has 0 rings (SSSR count). The van der Waals surface area contributed by atoms with Gasteiger partial charge in [0.1, 0.15) is 0 Å². The molecule has 0 bridgehead atoms. The summed E-state index contributed by atoms with van der Waals surface area (Å²) in [6.07, 6.45) is 4.82. The van der Waals surface area contributed by atoms with E-state index in [1.807, 2.05) is 13.8 Å². The van der Waals surface area contributed by atoms with E-state index in [1.54, 1.807) is 18.2 Å². The molecular weight excluding hydrogens is 150 g/mol. The zero-order valence-electron chi connectivity index (χ0n) is 8.05.